The molecule has 2 aliphatic rings. The molecular weight excluding hydrogens is 567 g/mol. The molecule has 6 rings (SSSR count). The van der Waals surface area contributed by atoms with Crippen LogP contribution in [0.25, 0.3) is 0 Å². The van der Waals surface area contributed by atoms with Crippen LogP contribution >= 0.6 is 23.2 Å². The van der Waals surface area contributed by atoms with Gasteiger partial charge in [0.25, 0.3) is 5.91 Å². The molecule has 2 amide bonds. The summed E-state index contributed by atoms with van der Waals surface area (Å²) < 4.78 is 11.2. The molecule has 4 aromatic carbocycles. The quantitative estimate of drug-likeness (QED) is 0.149. The fraction of sp³-hybridized carbons (Fsp3) is 0.129. The van der Waals surface area contributed by atoms with Gasteiger partial charge in [-0.2, -0.15) is 0 Å². The molecule has 8 nitrogen and oxygen atoms in total. The lowest BCUT2D eigenvalue weighted by molar-refractivity contribution is -0.126. The number of halogens is 2. The molecule has 0 bridgehead atoms. The molecule has 0 saturated carbocycles. The smallest absolute Gasteiger partial charge is 0.343 e. The third kappa shape index (κ3) is 4.80. The van der Waals surface area contributed by atoms with Gasteiger partial charge in [-0.05, 0) is 60.2 Å². The Labute approximate surface area is 245 Å². The fourth-order valence-electron chi connectivity index (χ4n) is 5.12. The Hall–Kier alpha value is -4.37. The zero-order chi connectivity index (χ0) is 28.7. The monoisotopic (exact) mass is 588 g/mol. The number of imide groups is 1. The number of ether oxygens (including phenoxy) is 2. The molecule has 0 unspecified atom stereocenters. The van der Waals surface area contributed by atoms with Crippen molar-refractivity contribution in [1.82, 2.24) is 0 Å². The second kappa shape index (κ2) is 10.9. The summed E-state index contributed by atoms with van der Waals surface area (Å²) in [5.41, 5.74) is 1.97. The fourth-order valence-corrected chi connectivity index (χ4v) is 5.41. The average molecular weight is 589 g/mol. The van der Waals surface area contributed by atoms with Crippen molar-refractivity contribution in [2.75, 3.05) is 17.1 Å². The van der Waals surface area contributed by atoms with Crippen LogP contribution in [0.1, 0.15) is 22.0 Å². The Bertz CT molecular complexity index is 1650. The van der Waals surface area contributed by atoms with Gasteiger partial charge < -0.3 is 9.47 Å². The van der Waals surface area contributed by atoms with Crippen LogP contribution in [0.3, 0.4) is 0 Å². The normalized spacial score (nSPS) is 19.8. The first-order valence-corrected chi connectivity index (χ1v) is 13.4. The summed E-state index contributed by atoms with van der Waals surface area (Å²) in [5.74, 6) is -1.90. The number of hydrogen-bond donors (Lipinski definition) is 0. The molecule has 206 valence electrons. The highest BCUT2D eigenvalue weighted by atomic mass is 35.5. The van der Waals surface area contributed by atoms with Crippen LogP contribution in [-0.2, 0) is 14.4 Å². The van der Waals surface area contributed by atoms with Gasteiger partial charge in [0.2, 0.25) is 5.91 Å². The predicted molar refractivity (Wildman–Crippen MR) is 153 cm³/mol. The van der Waals surface area contributed by atoms with Crippen molar-refractivity contribution in [2.24, 2.45) is 5.92 Å². The molecule has 10 heteroatoms. The van der Waals surface area contributed by atoms with Gasteiger partial charge in [-0.1, -0.05) is 65.7 Å². The van der Waals surface area contributed by atoms with Crippen LogP contribution in [0.5, 0.6) is 11.5 Å². The number of rotatable bonds is 6. The summed E-state index contributed by atoms with van der Waals surface area (Å²) in [6, 6.07) is 26.6. The first kappa shape index (κ1) is 26.8. The molecule has 2 fully saturated rings. The molecule has 0 aliphatic carbocycles. The highest BCUT2D eigenvalue weighted by Crippen LogP contribution is 2.49. The Balaban J connectivity index is 1.38. The molecule has 0 radical (unpaired) electrons. The van der Waals surface area contributed by atoms with Crippen molar-refractivity contribution in [1.29, 1.82) is 0 Å². The van der Waals surface area contributed by atoms with Gasteiger partial charge in [-0.3, -0.25) is 14.4 Å². The van der Waals surface area contributed by atoms with E-state index in [-0.39, 0.29) is 16.5 Å². The molecule has 41 heavy (non-hydrogen) atoms. The van der Waals surface area contributed by atoms with Crippen LogP contribution < -0.4 is 19.4 Å². The van der Waals surface area contributed by atoms with E-state index in [2.05, 4.69) is 0 Å². The highest BCUT2D eigenvalue weighted by molar-refractivity contribution is 6.42. The summed E-state index contributed by atoms with van der Waals surface area (Å²) in [7, 11) is 1.46. The lowest BCUT2D eigenvalue weighted by Crippen LogP contribution is -2.37. The van der Waals surface area contributed by atoms with E-state index in [1.165, 1.54) is 19.2 Å². The van der Waals surface area contributed by atoms with E-state index in [1.54, 1.807) is 59.7 Å². The number of benzene rings is 4. The van der Waals surface area contributed by atoms with Crippen LogP contribution in [0.15, 0.2) is 97.1 Å². The maximum absolute atomic E-state index is 13.9. The minimum absolute atomic E-state index is 0.207. The van der Waals surface area contributed by atoms with E-state index in [4.69, 9.17) is 37.5 Å². The molecule has 0 aromatic heterocycles. The summed E-state index contributed by atoms with van der Waals surface area (Å²) >= 11 is 12.2. The van der Waals surface area contributed by atoms with Crippen LogP contribution in [0.2, 0.25) is 10.0 Å². The number of carbonyl (C=O) groups excluding carboxylic acids is 3. The molecule has 0 N–H and O–H groups in total. The van der Waals surface area contributed by atoms with Crippen molar-refractivity contribution in [3.05, 3.63) is 118 Å². The standard InChI is InChI=1S/C31H22Cl2N2O6/c1-39-25-16-19(12-15-24(25)40-31(38)18-8-4-2-5-9-18)27-26-28(41-35(27)20-10-6-3-7-11-20)30(37)34(29(26)36)21-13-14-22(32)23(33)17-21/h2-17,26-28H,1H3/t26-,27-,28+/m1/s1. The van der Waals surface area contributed by atoms with Gasteiger partial charge in [0.05, 0.1) is 40.1 Å². The van der Waals surface area contributed by atoms with Crippen molar-refractivity contribution >= 4 is 52.4 Å². The number of hydroxylamine groups is 1. The van der Waals surface area contributed by atoms with Gasteiger partial charge in [-0.15, -0.1) is 0 Å². The molecule has 2 heterocycles. The number of esters is 1. The van der Waals surface area contributed by atoms with Gasteiger partial charge >= 0.3 is 5.97 Å². The van der Waals surface area contributed by atoms with Crippen molar-refractivity contribution in [3.63, 3.8) is 0 Å². The van der Waals surface area contributed by atoms with Gasteiger partial charge in [0.15, 0.2) is 17.6 Å². The molecule has 4 aromatic rings. The minimum Gasteiger partial charge on any atom is -0.493 e. The molecule has 2 aliphatic heterocycles. The largest absolute Gasteiger partial charge is 0.493 e. The predicted octanol–water partition coefficient (Wildman–Crippen LogP) is 6.27. The van der Waals surface area contributed by atoms with Crippen molar-refractivity contribution in [3.8, 4) is 11.5 Å². The minimum atomic E-state index is -1.08. The van der Waals surface area contributed by atoms with Crippen molar-refractivity contribution < 1.29 is 28.7 Å². The van der Waals surface area contributed by atoms with Gasteiger partial charge in [0.1, 0.15) is 5.92 Å². The summed E-state index contributed by atoms with van der Waals surface area (Å²) in [6.45, 7) is 0. The summed E-state index contributed by atoms with van der Waals surface area (Å²) in [4.78, 5) is 47.4. The first-order valence-electron chi connectivity index (χ1n) is 12.7. The number of fused-ring (bicyclic) bond motifs is 1. The van der Waals surface area contributed by atoms with Crippen molar-refractivity contribution in [2.45, 2.75) is 12.1 Å². The van der Waals surface area contributed by atoms with Crippen LogP contribution in [0.4, 0.5) is 11.4 Å². The molecule has 0 spiro atoms. The van der Waals surface area contributed by atoms with Gasteiger partial charge in [0, 0.05) is 0 Å². The third-order valence-electron chi connectivity index (χ3n) is 7.03. The van der Waals surface area contributed by atoms with Crippen LogP contribution in [0, 0.1) is 5.92 Å². The Morgan fingerprint density at radius 2 is 1.49 bits per heavy atom. The lowest BCUT2D eigenvalue weighted by Gasteiger charge is -2.29. The average Bonchev–Trinajstić information content (AvgIpc) is 3.51. The Morgan fingerprint density at radius 3 is 2.17 bits per heavy atom. The van der Waals surface area contributed by atoms with Gasteiger partial charge in [-0.25, -0.2) is 14.8 Å². The molecular formula is C31H22Cl2N2O6. The molecule has 2 saturated heterocycles. The molecule has 3 atom stereocenters. The van der Waals surface area contributed by atoms with E-state index in [1.807, 2.05) is 30.3 Å². The number of methoxy groups -OCH3 is 1. The van der Waals surface area contributed by atoms with E-state index < -0.39 is 35.8 Å². The highest BCUT2D eigenvalue weighted by Gasteiger charge is 2.60. The Morgan fingerprint density at radius 1 is 0.780 bits per heavy atom. The van der Waals surface area contributed by atoms with E-state index in [0.717, 1.165) is 4.90 Å². The zero-order valence-corrected chi connectivity index (χ0v) is 23.1. The van der Waals surface area contributed by atoms with Crippen LogP contribution in [-0.4, -0.2) is 31.0 Å². The number of para-hydroxylation sites is 1. The van der Waals surface area contributed by atoms with E-state index >= 15 is 0 Å². The summed E-state index contributed by atoms with van der Waals surface area (Å²) in [6.07, 6.45) is -1.08. The Kier molecular flexibility index (Phi) is 7.13. The number of nitrogens with zero attached hydrogens (tertiary/aromatic N) is 2. The zero-order valence-electron chi connectivity index (χ0n) is 21.6. The third-order valence-corrected chi connectivity index (χ3v) is 7.77. The summed E-state index contributed by atoms with van der Waals surface area (Å²) in [5, 5.41) is 2.09. The second-order valence-electron chi connectivity index (χ2n) is 9.43. The number of anilines is 2. The first-order chi connectivity index (χ1) is 19.9. The number of hydrogen-bond acceptors (Lipinski definition) is 7. The maximum Gasteiger partial charge on any atom is 0.343 e. The second-order valence-corrected chi connectivity index (χ2v) is 10.2. The lowest BCUT2D eigenvalue weighted by atomic mass is 9.90. The number of amides is 2. The number of carbonyl (C=O) groups is 3. The van der Waals surface area contributed by atoms with E-state index in [9.17, 15) is 14.4 Å². The van der Waals surface area contributed by atoms with E-state index in [0.29, 0.717) is 27.5 Å². The SMILES string of the molecule is COc1cc([C@@H]2[C@H]3C(=O)N(c4ccc(Cl)c(Cl)c4)C(=O)[C@H]3ON2c2ccccc2)ccc1OC(=O)c1ccccc1. The topological polar surface area (TPSA) is 85.4 Å². The maximum atomic E-state index is 13.9.